The highest BCUT2D eigenvalue weighted by molar-refractivity contribution is 9.10. The Morgan fingerprint density at radius 2 is 2.33 bits per heavy atom. The van der Waals surface area contributed by atoms with Crippen molar-refractivity contribution in [1.29, 1.82) is 0 Å². The molecule has 0 aliphatic rings. The lowest BCUT2D eigenvalue weighted by Crippen LogP contribution is -2.26. The van der Waals surface area contributed by atoms with E-state index in [9.17, 15) is 0 Å². The maximum Gasteiger partial charge on any atom is 0.0698 e. The van der Waals surface area contributed by atoms with Gasteiger partial charge in [0.15, 0.2) is 0 Å². The molecule has 2 aromatic heterocycles. The van der Waals surface area contributed by atoms with Crippen molar-refractivity contribution >= 4 is 27.3 Å². The van der Waals surface area contributed by atoms with Gasteiger partial charge in [-0.25, -0.2) is 0 Å². The van der Waals surface area contributed by atoms with Crippen molar-refractivity contribution in [2.75, 3.05) is 6.54 Å². The van der Waals surface area contributed by atoms with Crippen LogP contribution in [0.2, 0.25) is 0 Å². The number of nitrogens with zero attached hydrogens (tertiary/aromatic N) is 2. The molecule has 0 spiro atoms. The zero-order chi connectivity index (χ0) is 13.0. The molecule has 0 radical (unpaired) electrons. The van der Waals surface area contributed by atoms with Crippen LogP contribution in [0.3, 0.4) is 0 Å². The number of hydrogen-bond acceptors (Lipinski definition) is 3. The Morgan fingerprint density at radius 1 is 1.50 bits per heavy atom. The van der Waals surface area contributed by atoms with Crippen LogP contribution in [0.4, 0.5) is 0 Å². The molecule has 3 nitrogen and oxygen atoms in total. The van der Waals surface area contributed by atoms with E-state index in [1.165, 1.54) is 11.3 Å². The average molecular weight is 328 g/mol. The van der Waals surface area contributed by atoms with E-state index in [4.69, 9.17) is 0 Å². The molecule has 0 fully saturated rings. The minimum absolute atomic E-state index is 0.307. The van der Waals surface area contributed by atoms with Crippen LogP contribution in [-0.4, -0.2) is 16.3 Å². The van der Waals surface area contributed by atoms with Crippen LogP contribution in [0.5, 0.6) is 0 Å². The van der Waals surface area contributed by atoms with Gasteiger partial charge in [-0.3, -0.25) is 4.68 Å². The molecule has 2 aromatic rings. The van der Waals surface area contributed by atoms with Crippen molar-refractivity contribution in [1.82, 2.24) is 15.1 Å². The van der Waals surface area contributed by atoms with Crippen LogP contribution < -0.4 is 5.32 Å². The Balaban J connectivity index is 2.25. The predicted octanol–water partition coefficient (Wildman–Crippen LogP) is 3.62. The van der Waals surface area contributed by atoms with E-state index >= 15 is 0 Å². The second-order valence-corrected chi connectivity index (χ2v) is 5.77. The second-order valence-electron chi connectivity index (χ2n) is 4.14. The van der Waals surface area contributed by atoms with E-state index in [-0.39, 0.29) is 0 Å². The summed E-state index contributed by atoms with van der Waals surface area (Å²) in [7, 11) is 0. The molecule has 0 bridgehead atoms. The van der Waals surface area contributed by atoms with Crippen molar-refractivity contribution in [2.45, 2.75) is 32.9 Å². The van der Waals surface area contributed by atoms with Crippen molar-refractivity contribution in [2.24, 2.45) is 0 Å². The normalized spacial score (nSPS) is 12.8. The van der Waals surface area contributed by atoms with Gasteiger partial charge >= 0.3 is 0 Å². The molecular weight excluding hydrogens is 310 g/mol. The molecule has 0 aromatic carbocycles. The highest BCUT2D eigenvalue weighted by atomic mass is 79.9. The predicted molar refractivity (Wildman–Crippen MR) is 80.0 cm³/mol. The molecule has 0 aliphatic carbocycles. The molecule has 18 heavy (non-hydrogen) atoms. The molecule has 0 saturated carbocycles. The second kappa shape index (κ2) is 6.50. The Labute approximate surface area is 120 Å². The van der Waals surface area contributed by atoms with Crippen molar-refractivity contribution in [3.8, 4) is 0 Å². The van der Waals surface area contributed by atoms with Crippen LogP contribution in [0.1, 0.15) is 31.1 Å². The number of nitrogens with one attached hydrogen (secondary N) is 1. The Bertz CT molecular complexity index is 478. The number of aromatic nitrogens is 2. The summed E-state index contributed by atoms with van der Waals surface area (Å²) in [6, 6.07) is 2.50. The summed E-state index contributed by atoms with van der Waals surface area (Å²) in [6.07, 6.45) is 2.89. The maximum atomic E-state index is 4.40. The molecule has 0 aliphatic heterocycles. The van der Waals surface area contributed by atoms with Crippen LogP contribution in [0.25, 0.3) is 0 Å². The Morgan fingerprint density at radius 3 is 2.94 bits per heavy atom. The largest absolute Gasteiger partial charge is 0.309 e. The highest BCUT2D eigenvalue weighted by Gasteiger charge is 2.19. The molecule has 1 N–H and O–H groups in total. The Hall–Kier alpha value is -0.650. The average Bonchev–Trinajstić information content (AvgIpc) is 2.98. The molecule has 0 amide bonds. The summed E-state index contributed by atoms with van der Waals surface area (Å²) in [6.45, 7) is 6.11. The summed E-state index contributed by atoms with van der Waals surface area (Å²) < 4.78 is 3.15. The fourth-order valence-corrected chi connectivity index (χ4v) is 3.38. The first kappa shape index (κ1) is 13.8. The molecule has 2 heterocycles. The number of hydrogen-bond donors (Lipinski definition) is 1. The van der Waals surface area contributed by atoms with E-state index in [0.717, 1.165) is 24.0 Å². The highest BCUT2D eigenvalue weighted by Crippen LogP contribution is 2.26. The molecule has 2 rings (SSSR count). The summed E-state index contributed by atoms with van der Waals surface area (Å²) in [5.41, 5.74) is 2.62. The van der Waals surface area contributed by atoms with Crippen molar-refractivity contribution in [3.05, 3.63) is 38.8 Å². The quantitative estimate of drug-likeness (QED) is 0.878. The van der Waals surface area contributed by atoms with Gasteiger partial charge in [0.1, 0.15) is 0 Å². The number of rotatable bonds is 6. The van der Waals surface area contributed by atoms with Gasteiger partial charge in [-0.1, -0.05) is 6.92 Å². The van der Waals surface area contributed by atoms with Crippen LogP contribution in [0, 0.1) is 0 Å². The van der Waals surface area contributed by atoms with Crippen molar-refractivity contribution < 1.29 is 0 Å². The number of likely N-dealkylation sites (N-methyl/N-ethyl adjacent to an activating group) is 1. The topological polar surface area (TPSA) is 29.9 Å². The zero-order valence-corrected chi connectivity index (χ0v) is 13.1. The van der Waals surface area contributed by atoms with Gasteiger partial charge in [0, 0.05) is 6.54 Å². The van der Waals surface area contributed by atoms with Crippen LogP contribution in [-0.2, 0) is 13.0 Å². The van der Waals surface area contributed by atoms with Gasteiger partial charge < -0.3 is 5.32 Å². The standard InChI is InChI=1S/C13H18BrN3S/c1-3-15-12(7-10-5-6-18-9-10)13-11(14)8-16-17(13)4-2/h5-6,8-9,12,15H,3-4,7H2,1-2H3. The first-order chi connectivity index (χ1) is 8.76. The van der Waals surface area contributed by atoms with Crippen LogP contribution in [0.15, 0.2) is 27.5 Å². The first-order valence-electron chi connectivity index (χ1n) is 6.21. The van der Waals surface area contributed by atoms with E-state index < -0.39 is 0 Å². The lowest BCUT2D eigenvalue weighted by molar-refractivity contribution is 0.489. The third-order valence-electron chi connectivity index (χ3n) is 2.93. The maximum absolute atomic E-state index is 4.40. The summed E-state index contributed by atoms with van der Waals surface area (Å²) >= 11 is 5.36. The molecule has 1 unspecified atom stereocenters. The summed E-state index contributed by atoms with van der Waals surface area (Å²) in [5.74, 6) is 0. The van der Waals surface area contributed by atoms with E-state index in [1.807, 2.05) is 6.20 Å². The summed E-state index contributed by atoms with van der Waals surface area (Å²) in [4.78, 5) is 0. The smallest absolute Gasteiger partial charge is 0.0698 e. The van der Waals surface area contributed by atoms with Gasteiger partial charge in [0.2, 0.25) is 0 Å². The number of aryl methyl sites for hydroxylation is 1. The minimum Gasteiger partial charge on any atom is -0.309 e. The zero-order valence-electron chi connectivity index (χ0n) is 10.7. The Kier molecular flexibility index (Phi) is 4.97. The third-order valence-corrected chi connectivity index (χ3v) is 4.28. The first-order valence-corrected chi connectivity index (χ1v) is 7.95. The van der Waals surface area contributed by atoms with E-state index in [2.05, 4.69) is 61.7 Å². The number of halogens is 1. The van der Waals surface area contributed by atoms with Gasteiger partial charge in [-0.05, 0) is 58.2 Å². The monoisotopic (exact) mass is 327 g/mol. The lowest BCUT2D eigenvalue weighted by atomic mass is 10.1. The molecular formula is C13H18BrN3S. The molecule has 5 heteroatoms. The fraction of sp³-hybridized carbons (Fsp3) is 0.462. The van der Waals surface area contributed by atoms with Gasteiger partial charge in [0.25, 0.3) is 0 Å². The fourth-order valence-electron chi connectivity index (χ4n) is 2.13. The van der Waals surface area contributed by atoms with Gasteiger partial charge in [-0.2, -0.15) is 16.4 Å². The minimum atomic E-state index is 0.307. The lowest BCUT2D eigenvalue weighted by Gasteiger charge is -2.19. The molecule has 98 valence electrons. The van der Waals surface area contributed by atoms with Gasteiger partial charge in [-0.15, -0.1) is 0 Å². The molecule has 1 atom stereocenters. The number of thiophene rings is 1. The van der Waals surface area contributed by atoms with Crippen molar-refractivity contribution in [3.63, 3.8) is 0 Å². The summed E-state index contributed by atoms with van der Waals surface area (Å²) in [5, 5.41) is 12.3. The van der Waals surface area contributed by atoms with E-state index in [0.29, 0.717) is 6.04 Å². The van der Waals surface area contributed by atoms with Gasteiger partial charge in [0.05, 0.1) is 22.4 Å². The third kappa shape index (κ3) is 3.02. The SMILES string of the molecule is CCNC(Cc1ccsc1)c1c(Br)cnn1CC. The van der Waals surface area contributed by atoms with E-state index in [1.54, 1.807) is 11.3 Å². The van der Waals surface area contributed by atoms with Crippen LogP contribution >= 0.6 is 27.3 Å². The molecule has 0 saturated heterocycles.